The normalized spacial score (nSPS) is 12.8. The second kappa shape index (κ2) is 7.50. The molecule has 1 N–H and O–H groups in total. The van der Waals surface area contributed by atoms with E-state index in [0.717, 1.165) is 5.69 Å². The predicted molar refractivity (Wildman–Crippen MR) is 81.2 cm³/mol. The molecule has 0 aliphatic rings. The molecule has 1 unspecified atom stereocenters. The van der Waals surface area contributed by atoms with Crippen molar-refractivity contribution in [2.75, 3.05) is 19.0 Å². The van der Waals surface area contributed by atoms with Crippen molar-refractivity contribution in [1.82, 2.24) is 0 Å². The number of anilines is 1. The van der Waals surface area contributed by atoms with Crippen LogP contribution in [0.1, 0.15) is 27.2 Å². The molecule has 5 heteroatoms. The Morgan fingerprint density at radius 3 is 2.70 bits per heavy atom. The van der Waals surface area contributed by atoms with Crippen LogP contribution in [0.4, 0.5) is 5.69 Å². The standard InChI is InChI=1S/C15H22ClNO3/c1-5-20-14(18)13(10-15(2,3)19-4)17-12-8-6-7-11(16)9-12/h6-9,13,17H,5,10H2,1-4H3. The monoisotopic (exact) mass is 299 g/mol. The smallest absolute Gasteiger partial charge is 0.328 e. The molecular formula is C15H22ClNO3. The number of carbonyl (C=O) groups excluding carboxylic acids is 1. The van der Waals surface area contributed by atoms with E-state index in [1.807, 2.05) is 26.0 Å². The van der Waals surface area contributed by atoms with Crippen LogP contribution in [0.5, 0.6) is 0 Å². The lowest BCUT2D eigenvalue weighted by molar-refractivity contribution is -0.145. The van der Waals surface area contributed by atoms with Crippen LogP contribution >= 0.6 is 11.6 Å². The van der Waals surface area contributed by atoms with Crippen LogP contribution < -0.4 is 5.32 Å². The molecular weight excluding hydrogens is 278 g/mol. The third-order valence-electron chi connectivity index (χ3n) is 2.98. The van der Waals surface area contributed by atoms with Gasteiger partial charge in [0.25, 0.3) is 0 Å². The molecule has 0 heterocycles. The third-order valence-corrected chi connectivity index (χ3v) is 3.22. The van der Waals surface area contributed by atoms with E-state index >= 15 is 0 Å². The van der Waals surface area contributed by atoms with Gasteiger partial charge in [-0.1, -0.05) is 17.7 Å². The molecule has 0 aliphatic carbocycles. The quantitative estimate of drug-likeness (QED) is 0.783. The summed E-state index contributed by atoms with van der Waals surface area (Å²) in [4.78, 5) is 12.1. The summed E-state index contributed by atoms with van der Waals surface area (Å²) >= 11 is 5.95. The predicted octanol–water partition coefficient (Wildman–Crippen LogP) is 3.50. The molecule has 1 aromatic rings. The molecule has 0 fully saturated rings. The van der Waals surface area contributed by atoms with Gasteiger partial charge in [-0.05, 0) is 39.0 Å². The van der Waals surface area contributed by atoms with E-state index in [0.29, 0.717) is 18.1 Å². The Morgan fingerprint density at radius 2 is 2.15 bits per heavy atom. The summed E-state index contributed by atoms with van der Waals surface area (Å²) in [7, 11) is 1.63. The van der Waals surface area contributed by atoms with Crippen molar-refractivity contribution in [3.8, 4) is 0 Å². The summed E-state index contributed by atoms with van der Waals surface area (Å²) < 4.78 is 10.5. The Bertz CT molecular complexity index is 448. The van der Waals surface area contributed by atoms with E-state index in [-0.39, 0.29) is 5.97 Å². The van der Waals surface area contributed by atoms with Crippen molar-refractivity contribution >= 4 is 23.3 Å². The summed E-state index contributed by atoms with van der Waals surface area (Å²) in [5.41, 5.74) is 0.352. The van der Waals surface area contributed by atoms with Gasteiger partial charge in [-0.2, -0.15) is 0 Å². The van der Waals surface area contributed by atoms with E-state index < -0.39 is 11.6 Å². The largest absolute Gasteiger partial charge is 0.464 e. The summed E-state index contributed by atoms with van der Waals surface area (Å²) in [6.07, 6.45) is 0.495. The fourth-order valence-corrected chi connectivity index (χ4v) is 1.98. The highest BCUT2D eigenvalue weighted by atomic mass is 35.5. The van der Waals surface area contributed by atoms with Crippen molar-refractivity contribution < 1.29 is 14.3 Å². The Morgan fingerprint density at radius 1 is 1.45 bits per heavy atom. The highest BCUT2D eigenvalue weighted by molar-refractivity contribution is 6.30. The van der Waals surface area contributed by atoms with Crippen molar-refractivity contribution in [3.05, 3.63) is 29.3 Å². The maximum absolute atomic E-state index is 12.1. The van der Waals surface area contributed by atoms with Gasteiger partial charge in [0.15, 0.2) is 0 Å². The van der Waals surface area contributed by atoms with Crippen LogP contribution in [0.15, 0.2) is 24.3 Å². The van der Waals surface area contributed by atoms with E-state index in [4.69, 9.17) is 21.1 Å². The van der Waals surface area contributed by atoms with Gasteiger partial charge in [-0.3, -0.25) is 0 Å². The van der Waals surface area contributed by atoms with Crippen molar-refractivity contribution in [1.29, 1.82) is 0 Å². The first-order chi connectivity index (χ1) is 9.38. The maximum atomic E-state index is 12.1. The SMILES string of the molecule is CCOC(=O)C(CC(C)(C)OC)Nc1cccc(Cl)c1. The highest BCUT2D eigenvalue weighted by Gasteiger charge is 2.28. The molecule has 1 rings (SSSR count). The molecule has 1 atom stereocenters. The molecule has 0 bridgehead atoms. The van der Waals surface area contributed by atoms with E-state index in [9.17, 15) is 4.79 Å². The van der Waals surface area contributed by atoms with E-state index in [1.54, 1.807) is 26.2 Å². The Balaban J connectivity index is 2.84. The van der Waals surface area contributed by atoms with Gasteiger partial charge in [0.1, 0.15) is 6.04 Å². The number of carbonyl (C=O) groups is 1. The zero-order chi connectivity index (χ0) is 15.2. The minimum absolute atomic E-state index is 0.294. The maximum Gasteiger partial charge on any atom is 0.328 e. The molecule has 0 saturated carbocycles. The Kier molecular flexibility index (Phi) is 6.30. The first-order valence-electron chi connectivity index (χ1n) is 6.62. The third kappa shape index (κ3) is 5.39. The van der Waals surface area contributed by atoms with Crippen LogP contribution in [-0.4, -0.2) is 31.3 Å². The fraction of sp³-hybridized carbons (Fsp3) is 0.533. The Hall–Kier alpha value is -1.26. The zero-order valence-corrected chi connectivity index (χ0v) is 13.2. The molecule has 4 nitrogen and oxygen atoms in total. The summed E-state index contributed by atoms with van der Waals surface area (Å²) in [5.74, 6) is -0.294. The average Bonchev–Trinajstić information content (AvgIpc) is 2.38. The van der Waals surface area contributed by atoms with Crippen molar-refractivity contribution in [3.63, 3.8) is 0 Å². The highest BCUT2D eigenvalue weighted by Crippen LogP contribution is 2.21. The lowest BCUT2D eigenvalue weighted by Gasteiger charge is -2.28. The van der Waals surface area contributed by atoms with Gasteiger partial charge in [0, 0.05) is 24.2 Å². The van der Waals surface area contributed by atoms with Crippen LogP contribution in [0.2, 0.25) is 5.02 Å². The number of halogens is 1. The minimum atomic E-state index is -0.483. The summed E-state index contributed by atoms with van der Waals surface area (Å²) in [6.45, 7) is 5.99. The number of esters is 1. The van der Waals surface area contributed by atoms with Gasteiger partial charge in [-0.15, -0.1) is 0 Å². The topological polar surface area (TPSA) is 47.6 Å². The molecule has 0 saturated heterocycles. The second-order valence-corrected chi connectivity index (χ2v) is 5.56. The molecule has 0 amide bonds. The van der Waals surface area contributed by atoms with Crippen LogP contribution in [0.25, 0.3) is 0 Å². The second-order valence-electron chi connectivity index (χ2n) is 5.13. The lowest BCUT2D eigenvalue weighted by Crippen LogP contribution is -2.39. The molecule has 1 aromatic carbocycles. The first kappa shape index (κ1) is 16.8. The number of methoxy groups -OCH3 is 1. The van der Waals surface area contributed by atoms with Gasteiger partial charge in [-0.25, -0.2) is 4.79 Å². The fourth-order valence-electron chi connectivity index (χ4n) is 1.79. The van der Waals surface area contributed by atoms with Gasteiger partial charge >= 0.3 is 5.97 Å². The summed E-state index contributed by atoms with van der Waals surface area (Å²) in [5, 5.41) is 3.77. The van der Waals surface area contributed by atoms with Crippen molar-refractivity contribution in [2.45, 2.75) is 38.8 Å². The van der Waals surface area contributed by atoms with E-state index in [2.05, 4.69) is 5.32 Å². The number of hydrogen-bond donors (Lipinski definition) is 1. The molecule has 0 aliphatic heterocycles. The van der Waals surface area contributed by atoms with Crippen LogP contribution in [0, 0.1) is 0 Å². The molecule has 20 heavy (non-hydrogen) atoms. The number of nitrogens with one attached hydrogen (secondary N) is 1. The number of ether oxygens (including phenoxy) is 2. The zero-order valence-electron chi connectivity index (χ0n) is 12.4. The number of hydrogen-bond acceptors (Lipinski definition) is 4. The van der Waals surface area contributed by atoms with Gasteiger partial charge in [0.2, 0.25) is 0 Å². The lowest BCUT2D eigenvalue weighted by atomic mass is 9.98. The van der Waals surface area contributed by atoms with Gasteiger partial charge < -0.3 is 14.8 Å². The number of benzene rings is 1. The van der Waals surface area contributed by atoms with E-state index in [1.165, 1.54) is 0 Å². The molecule has 0 radical (unpaired) electrons. The van der Waals surface area contributed by atoms with Gasteiger partial charge in [0.05, 0.1) is 12.2 Å². The molecule has 112 valence electrons. The first-order valence-corrected chi connectivity index (χ1v) is 6.99. The minimum Gasteiger partial charge on any atom is -0.464 e. The average molecular weight is 300 g/mol. The Labute approximate surface area is 125 Å². The molecule has 0 aromatic heterocycles. The molecule has 0 spiro atoms. The summed E-state index contributed by atoms with van der Waals surface area (Å²) in [6, 6.07) is 6.76. The van der Waals surface area contributed by atoms with Crippen LogP contribution in [-0.2, 0) is 14.3 Å². The number of rotatable bonds is 7. The van der Waals surface area contributed by atoms with Crippen molar-refractivity contribution in [2.24, 2.45) is 0 Å². The van der Waals surface area contributed by atoms with Crippen LogP contribution in [0.3, 0.4) is 0 Å².